The molecule has 1 aliphatic heterocycles. The third-order valence-electron chi connectivity index (χ3n) is 4.06. The second-order valence-corrected chi connectivity index (χ2v) is 7.85. The van der Waals surface area contributed by atoms with Gasteiger partial charge >= 0.3 is 5.97 Å². The van der Waals surface area contributed by atoms with Gasteiger partial charge in [-0.15, -0.1) is 0 Å². The lowest BCUT2D eigenvalue weighted by Gasteiger charge is -2.33. The zero-order valence-electron chi connectivity index (χ0n) is 15.7. The van der Waals surface area contributed by atoms with Crippen molar-refractivity contribution in [1.29, 1.82) is 0 Å². The van der Waals surface area contributed by atoms with E-state index < -0.39 is 16.0 Å². The largest absolute Gasteiger partial charge is 0.452 e. The number of allylic oxidation sites excluding steroid dienone is 3. The molecule has 2 rings (SSSR count). The lowest BCUT2D eigenvalue weighted by molar-refractivity contribution is -0.148. The van der Waals surface area contributed by atoms with Crippen LogP contribution in [0, 0.1) is 0 Å². The fraction of sp³-hybridized carbons (Fsp3) is 0.300. The number of hydrogen-bond acceptors (Lipinski definition) is 5. The first-order valence-electron chi connectivity index (χ1n) is 8.89. The van der Waals surface area contributed by atoms with Gasteiger partial charge in [0.1, 0.15) is 0 Å². The number of piperazine rings is 1. The molecule has 28 heavy (non-hydrogen) atoms. The number of carbonyl (C=O) groups excluding carboxylic acids is 2. The van der Waals surface area contributed by atoms with E-state index in [0.717, 1.165) is 5.56 Å². The molecule has 0 aliphatic carbocycles. The summed E-state index contributed by atoms with van der Waals surface area (Å²) in [6.07, 6.45) is 7.75. The average molecular weight is 404 g/mol. The zero-order chi connectivity index (χ0) is 20.4. The summed E-state index contributed by atoms with van der Waals surface area (Å²) in [7, 11) is -3.56. The maximum Gasteiger partial charge on any atom is 0.331 e. The zero-order valence-corrected chi connectivity index (χ0v) is 16.5. The smallest absolute Gasteiger partial charge is 0.331 e. The molecule has 1 aliphatic rings. The Labute approximate surface area is 165 Å². The summed E-state index contributed by atoms with van der Waals surface area (Å²) in [6, 6.07) is 9.16. The van der Waals surface area contributed by atoms with Crippen molar-refractivity contribution in [2.24, 2.45) is 0 Å². The van der Waals surface area contributed by atoms with E-state index in [9.17, 15) is 18.0 Å². The van der Waals surface area contributed by atoms with Crippen molar-refractivity contribution in [1.82, 2.24) is 9.21 Å². The Balaban J connectivity index is 1.82. The second-order valence-electron chi connectivity index (χ2n) is 6.03. The van der Waals surface area contributed by atoms with Crippen molar-refractivity contribution in [3.8, 4) is 0 Å². The molecule has 0 saturated carbocycles. The molecule has 8 heteroatoms. The maximum absolute atomic E-state index is 12.4. The van der Waals surface area contributed by atoms with E-state index in [2.05, 4.69) is 0 Å². The highest BCUT2D eigenvalue weighted by Crippen LogP contribution is 2.12. The first-order valence-corrected chi connectivity index (χ1v) is 10.4. The monoisotopic (exact) mass is 404 g/mol. The van der Waals surface area contributed by atoms with E-state index in [-0.39, 0.29) is 38.7 Å². The SMILES string of the molecule is C/C=C/C=C/C(=O)OCC(=O)N1CCN(S(=O)(=O)/C=C/c2ccccc2)CC1. The molecule has 1 amide bonds. The standard InChI is InChI=1S/C20H24N2O5S/c1-2-3-5-10-20(24)27-17-19(23)21-12-14-22(15-13-21)28(25,26)16-11-18-8-6-4-7-9-18/h2-11,16H,12-15,17H2,1H3/b3-2+,10-5+,16-11+. The van der Waals surface area contributed by atoms with E-state index in [0.29, 0.717) is 0 Å². The summed E-state index contributed by atoms with van der Waals surface area (Å²) in [6.45, 7) is 2.35. The Kier molecular flexibility index (Phi) is 8.16. The van der Waals surface area contributed by atoms with Crippen LogP contribution in [-0.4, -0.2) is 62.3 Å². The van der Waals surface area contributed by atoms with E-state index in [4.69, 9.17) is 4.74 Å². The van der Waals surface area contributed by atoms with E-state index in [1.807, 2.05) is 37.3 Å². The first-order chi connectivity index (χ1) is 13.4. The lowest BCUT2D eigenvalue weighted by atomic mass is 10.2. The summed E-state index contributed by atoms with van der Waals surface area (Å²) in [5, 5.41) is 1.18. The van der Waals surface area contributed by atoms with E-state index >= 15 is 0 Å². The minimum Gasteiger partial charge on any atom is -0.452 e. The van der Waals surface area contributed by atoms with Gasteiger partial charge in [0.2, 0.25) is 10.0 Å². The molecule has 0 spiro atoms. The summed E-state index contributed by atoms with van der Waals surface area (Å²) >= 11 is 0. The molecule has 1 saturated heterocycles. The number of nitrogens with zero attached hydrogens (tertiary/aromatic N) is 2. The molecular weight excluding hydrogens is 380 g/mol. The van der Waals surface area contributed by atoms with Crippen molar-refractivity contribution in [2.75, 3.05) is 32.8 Å². The normalized spacial score (nSPS) is 16.2. The van der Waals surface area contributed by atoms with Crippen LogP contribution in [0.15, 0.2) is 60.0 Å². The van der Waals surface area contributed by atoms with Crippen LogP contribution in [0.4, 0.5) is 0 Å². The third-order valence-corrected chi connectivity index (χ3v) is 5.62. The molecule has 0 aromatic heterocycles. The molecule has 1 aromatic carbocycles. The number of esters is 1. The van der Waals surface area contributed by atoms with Crippen molar-refractivity contribution in [2.45, 2.75) is 6.92 Å². The van der Waals surface area contributed by atoms with Crippen molar-refractivity contribution in [3.63, 3.8) is 0 Å². The molecule has 7 nitrogen and oxygen atoms in total. The van der Waals surface area contributed by atoms with Gasteiger partial charge in [-0.25, -0.2) is 13.2 Å². The summed E-state index contributed by atoms with van der Waals surface area (Å²) in [5.74, 6) is -0.941. The van der Waals surface area contributed by atoms with Gasteiger partial charge in [0.25, 0.3) is 5.91 Å². The van der Waals surface area contributed by atoms with E-state index in [1.165, 1.54) is 26.8 Å². The molecule has 0 atom stereocenters. The second kappa shape index (κ2) is 10.6. The molecule has 0 unspecified atom stereocenters. The van der Waals surface area contributed by atoms with Crippen LogP contribution < -0.4 is 0 Å². The minimum absolute atomic E-state index is 0.197. The van der Waals surface area contributed by atoms with Gasteiger partial charge in [0.05, 0.1) is 0 Å². The number of amides is 1. The van der Waals surface area contributed by atoms with Gasteiger partial charge in [-0.3, -0.25) is 4.79 Å². The summed E-state index contributed by atoms with van der Waals surface area (Å²) < 4.78 is 31.1. The van der Waals surface area contributed by atoms with Gasteiger partial charge in [0.15, 0.2) is 6.61 Å². The Bertz CT molecular complexity index is 852. The van der Waals surface area contributed by atoms with Crippen molar-refractivity contribution in [3.05, 3.63) is 65.6 Å². The summed E-state index contributed by atoms with van der Waals surface area (Å²) in [4.78, 5) is 25.1. The van der Waals surface area contributed by atoms with Crippen LogP contribution in [0.5, 0.6) is 0 Å². The van der Waals surface area contributed by atoms with Gasteiger partial charge < -0.3 is 9.64 Å². The molecule has 0 N–H and O–H groups in total. The number of sulfonamides is 1. The number of carbonyl (C=O) groups is 2. The third kappa shape index (κ3) is 6.79. The molecule has 1 fully saturated rings. The first kappa shape index (κ1) is 21.6. The maximum atomic E-state index is 12.4. The van der Waals surface area contributed by atoms with Crippen molar-refractivity contribution >= 4 is 28.0 Å². The molecule has 0 radical (unpaired) electrons. The van der Waals surface area contributed by atoms with Crippen LogP contribution in [-0.2, 0) is 24.3 Å². The number of rotatable bonds is 7. The van der Waals surface area contributed by atoms with Gasteiger partial charge in [-0.1, -0.05) is 48.6 Å². The highest BCUT2D eigenvalue weighted by Gasteiger charge is 2.27. The van der Waals surface area contributed by atoms with Gasteiger partial charge in [-0.2, -0.15) is 4.31 Å². The Morgan fingerprint density at radius 2 is 1.75 bits per heavy atom. The molecule has 1 aromatic rings. The van der Waals surface area contributed by atoms with Gasteiger partial charge in [0, 0.05) is 37.7 Å². The van der Waals surface area contributed by atoms with Crippen LogP contribution in [0.2, 0.25) is 0 Å². The minimum atomic E-state index is -3.56. The Hall–Kier alpha value is -2.71. The predicted molar refractivity (Wildman–Crippen MR) is 107 cm³/mol. The number of hydrogen-bond donors (Lipinski definition) is 0. The predicted octanol–water partition coefficient (Wildman–Crippen LogP) is 1.81. The van der Waals surface area contributed by atoms with E-state index in [1.54, 1.807) is 18.2 Å². The molecule has 0 bridgehead atoms. The van der Waals surface area contributed by atoms with Gasteiger partial charge in [-0.05, 0) is 18.6 Å². The highest BCUT2D eigenvalue weighted by molar-refractivity contribution is 7.92. The fourth-order valence-corrected chi connectivity index (χ4v) is 3.70. The quantitative estimate of drug-likeness (QED) is 0.393. The van der Waals surface area contributed by atoms with Crippen LogP contribution in [0.25, 0.3) is 6.08 Å². The van der Waals surface area contributed by atoms with Crippen LogP contribution >= 0.6 is 0 Å². The van der Waals surface area contributed by atoms with Crippen LogP contribution in [0.1, 0.15) is 12.5 Å². The number of ether oxygens (including phenoxy) is 1. The Morgan fingerprint density at radius 3 is 2.39 bits per heavy atom. The Morgan fingerprint density at radius 1 is 1.07 bits per heavy atom. The topological polar surface area (TPSA) is 84.0 Å². The van der Waals surface area contributed by atoms with Crippen molar-refractivity contribution < 1.29 is 22.7 Å². The molecule has 150 valence electrons. The fourth-order valence-electron chi connectivity index (χ4n) is 2.52. The highest BCUT2D eigenvalue weighted by atomic mass is 32.2. The lowest BCUT2D eigenvalue weighted by Crippen LogP contribution is -2.51. The molecular formula is C20H24N2O5S. The summed E-state index contributed by atoms with van der Waals surface area (Å²) in [5.41, 5.74) is 0.796. The number of benzene rings is 1. The molecule has 1 heterocycles. The van der Waals surface area contributed by atoms with Crippen LogP contribution in [0.3, 0.4) is 0 Å². The average Bonchev–Trinajstić information content (AvgIpc) is 2.71.